The summed E-state index contributed by atoms with van der Waals surface area (Å²) in [5.41, 5.74) is 4.98. The zero-order chi connectivity index (χ0) is 35.0. The van der Waals surface area contributed by atoms with Gasteiger partial charge in [0.25, 0.3) is 5.69 Å². The quantitative estimate of drug-likeness (QED) is 0.0577. The average Bonchev–Trinajstić information content (AvgIpc) is 2.95. The van der Waals surface area contributed by atoms with Crippen molar-refractivity contribution < 1.29 is 53.5 Å². The van der Waals surface area contributed by atoms with E-state index in [1.165, 1.54) is 23.9 Å². The van der Waals surface area contributed by atoms with Crippen molar-refractivity contribution in [3.05, 3.63) is 34.4 Å². The second-order valence-corrected chi connectivity index (χ2v) is 10.7. The van der Waals surface area contributed by atoms with Gasteiger partial charge in [-0.05, 0) is 37.0 Å². The lowest BCUT2D eigenvalue weighted by Gasteiger charge is -2.26. The van der Waals surface area contributed by atoms with Crippen LogP contribution >= 0.6 is 11.8 Å². The van der Waals surface area contributed by atoms with E-state index in [2.05, 4.69) is 26.6 Å². The predicted molar refractivity (Wildman–Crippen MR) is 161 cm³/mol. The number of carbonyl (C=O) groups excluding carboxylic acids is 6. The second-order valence-electron chi connectivity index (χ2n) is 9.71. The van der Waals surface area contributed by atoms with Crippen LogP contribution in [0.2, 0.25) is 0 Å². The van der Waals surface area contributed by atoms with Crippen LogP contribution in [0.1, 0.15) is 39.0 Å². The number of carboxylic acids is 2. The maximum absolute atomic E-state index is 13.3. The summed E-state index contributed by atoms with van der Waals surface area (Å²) in [6.07, 6.45) is -0.828. The molecule has 0 fully saturated rings. The topological polar surface area (TPSA) is 306 Å². The molecule has 0 aliphatic heterocycles. The molecule has 1 aromatic carbocycles. The van der Waals surface area contributed by atoms with Crippen LogP contribution in [0.5, 0.6) is 0 Å². The molecular formula is C26H35N7O12S. The van der Waals surface area contributed by atoms with Gasteiger partial charge in [-0.15, -0.1) is 0 Å². The van der Waals surface area contributed by atoms with Gasteiger partial charge in [-0.3, -0.25) is 48.5 Å². The second kappa shape index (κ2) is 19.2. The van der Waals surface area contributed by atoms with Gasteiger partial charge >= 0.3 is 11.9 Å². The lowest BCUT2D eigenvalue weighted by Crippen LogP contribution is -2.58. The molecule has 0 aromatic heterocycles. The third-order valence-corrected chi connectivity index (χ3v) is 6.63. The maximum Gasteiger partial charge on any atom is 0.305 e. The Hall–Kier alpha value is -5.27. The fourth-order valence-corrected chi connectivity index (χ4v) is 4.26. The van der Waals surface area contributed by atoms with E-state index in [0.717, 1.165) is 19.1 Å². The summed E-state index contributed by atoms with van der Waals surface area (Å²) < 4.78 is 0. The van der Waals surface area contributed by atoms with Crippen LogP contribution in [-0.2, 0) is 38.4 Å². The Labute approximate surface area is 265 Å². The monoisotopic (exact) mass is 669 g/mol. The summed E-state index contributed by atoms with van der Waals surface area (Å²) in [7, 11) is 0. The molecule has 4 atom stereocenters. The van der Waals surface area contributed by atoms with Crippen molar-refractivity contribution >= 4 is 70.5 Å². The fraction of sp³-hybridized carbons (Fsp3) is 0.462. The minimum Gasteiger partial charge on any atom is -0.481 e. The van der Waals surface area contributed by atoms with E-state index in [1.54, 1.807) is 6.26 Å². The summed E-state index contributed by atoms with van der Waals surface area (Å²) in [6, 6.07) is -1.57. The van der Waals surface area contributed by atoms with E-state index in [9.17, 15) is 53.6 Å². The van der Waals surface area contributed by atoms with Gasteiger partial charge < -0.3 is 42.5 Å². The van der Waals surface area contributed by atoms with Gasteiger partial charge in [0.15, 0.2) is 0 Å². The smallest absolute Gasteiger partial charge is 0.305 e. The van der Waals surface area contributed by atoms with Gasteiger partial charge in [0.2, 0.25) is 35.4 Å². The summed E-state index contributed by atoms with van der Waals surface area (Å²) in [5, 5.41) is 40.7. The number of carbonyl (C=O) groups is 8. The number of nitro benzene ring substituents is 1. The summed E-state index contributed by atoms with van der Waals surface area (Å²) >= 11 is 1.28. The van der Waals surface area contributed by atoms with Crippen LogP contribution in [0.15, 0.2) is 24.3 Å². The number of nitro groups is 1. The van der Waals surface area contributed by atoms with Crippen molar-refractivity contribution in [3.8, 4) is 0 Å². The molecule has 1 aromatic rings. The Bertz CT molecular complexity index is 1310. The molecule has 0 saturated carbocycles. The first kappa shape index (κ1) is 38.8. The lowest BCUT2D eigenvalue weighted by molar-refractivity contribution is -0.384. The van der Waals surface area contributed by atoms with Crippen LogP contribution < -0.4 is 32.3 Å². The third-order valence-electron chi connectivity index (χ3n) is 5.99. The van der Waals surface area contributed by atoms with Crippen LogP contribution in [0.4, 0.5) is 11.4 Å². The lowest BCUT2D eigenvalue weighted by atomic mass is 10.1. The van der Waals surface area contributed by atoms with E-state index in [0.29, 0.717) is 5.75 Å². The molecule has 0 aliphatic carbocycles. The highest BCUT2D eigenvalue weighted by atomic mass is 32.2. The number of primary amides is 1. The zero-order valence-corrected chi connectivity index (χ0v) is 25.6. The van der Waals surface area contributed by atoms with Crippen molar-refractivity contribution in [3.63, 3.8) is 0 Å². The predicted octanol–water partition coefficient (Wildman–Crippen LogP) is -1.54. The Kier molecular flexibility index (Phi) is 16.2. The van der Waals surface area contributed by atoms with Gasteiger partial charge in [-0.1, -0.05) is 0 Å². The molecule has 4 unspecified atom stereocenters. The molecule has 9 N–H and O–H groups in total. The number of nitrogens with one attached hydrogen (secondary N) is 5. The molecule has 0 heterocycles. The number of carboxylic acid groups (broad SMARTS) is 2. The highest BCUT2D eigenvalue weighted by Crippen LogP contribution is 2.16. The SMILES string of the molecule is CSCCC(NC(=O)C(CCC(N)=O)NC(=O)C(CC(=O)O)NC(C)=O)C(=O)NC(CC(=O)O)C(=O)Nc1ccc([N+](=O)[O-])cc1. The van der Waals surface area contributed by atoms with Gasteiger partial charge in [-0.2, -0.15) is 11.8 Å². The highest BCUT2D eigenvalue weighted by molar-refractivity contribution is 7.98. The van der Waals surface area contributed by atoms with Crippen LogP contribution in [-0.4, -0.2) is 98.7 Å². The largest absolute Gasteiger partial charge is 0.481 e. The van der Waals surface area contributed by atoms with Gasteiger partial charge in [0, 0.05) is 31.2 Å². The van der Waals surface area contributed by atoms with Crippen LogP contribution in [0.25, 0.3) is 0 Å². The van der Waals surface area contributed by atoms with Crippen molar-refractivity contribution in [1.82, 2.24) is 21.3 Å². The van der Waals surface area contributed by atoms with E-state index in [4.69, 9.17) is 10.8 Å². The van der Waals surface area contributed by atoms with Crippen molar-refractivity contribution in [1.29, 1.82) is 0 Å². The molecule has 1 rings (SSSR count). The Balaban J connectivity index is 3.19. The highest BCUT2D eigenvalue weighted by Gasteiger charge is 2.32. The molecule has 0 aliphatic rings. The van der Waals surface area contributed by atoms with E-state index in [-0.39, 0.29) is 24.2 Å². The number of nitrogens with two attached hydrogens (primary N) is 1. The number of hydrogen-bond acceptors (Lipinski definition) is 11. The summed E-state index contributed by atoms with van der Waals surface area (Å²) in [6.45, 7) is 1.04. The van der Waals surface area contributed by atoms with Crippen molar-refractivity contribution in [2.24, 2.45) is 5.73 Å². The average molecular weight is 670 g/mol. The number of amides is 6. The third kappa shape index (κ3) is 14.5. The normalized spacial score (nSPS) is 13.1. The Morgan fingerprint density at radius 3 is 1.67 bits per heavy atom. The molecule has 0 bridgehead atoms. The standard InChI is InChI=1S/C26H35N7O12S/c1-13(34)28-18(11-21(36)37)26(43)30-16(7-8-20(27)35)23(40)31-17(9-10-46-2)24(41)32-19(12-22(38)39)25(42)29-14-3-5-15(6-4-14)33(44)45/h3-6,16-19H,7-12H2,1-2H3,(H2,27,35)(H,28,34)(H,29,42)(H,30,43)(H,31,40)(H,32,41)(H,36,37)(H,38,39). The Morgan fingerprint density at radius 2 is 1.24 bits per heavy atom. The summed E-state index contributed by atoms with van der Waals surface area (Å²) in [4.78, 5) is 108. The molecule has 20 heteroatoms. The first-order valence-electron chi connectivity index (χ1n) is 13.5. The first-order valence-corrected chi connectivity index (χ1v) is 14.9. The van der Waals surface area contributed by atoms with E-state index >= 15 is 0 Å². The Morgan fingerprint density at radius 1 is 0.783 bits per heavy atom. The van der Waals surface area contributed by atoms with Gasteiger partial charge in [0.05, 0.1) is 17.8 Å². The molecule has 0 saturated heterocycles. The van der Waals surface area contributed by atoms with E-state index in [1.807, 2.05) is 0 Å². The number of nitrogens with zero attached hydrogens (tertiary/aromatic N) is 1. The number of hydrogen-bond donors (Lipinski definition) is 8. The zero-order valence-electron chi connectivity index (χ0n) is 24.8. The number of aliphatic carboxylic acids is 2. The van der Waals surface area contributed by atoms with Gasteiger partial charge in [-0.25, -0.2) is 0 Å². The first-order chi connectivity index (χ1) is 21.5. The fourth-order valence-electron chi connectivity index (χ4n) is 3.79. The molecule has 252 valence electrons. The number of benzene rings is 1. The number of thioether (sulfide) groups is 1. The number of anilines is 1. The minimum atomic E-state index is -1.66. The van der Waals surface area contributed by atoms with Crippen molar-refractivity contribution in [2.45, 2.75) is 63.2 Å². The molecular weight excluding hydrogens is 634 g/mol. The van der Waals surface area contributed by atoms with Crippen molar-refractivity contribution in [2.75, 3.05) is 17.3 Å². The minimum absolute atomic E-state index is 0.0352. The molecule has 46 heavy (non-hydrogen) atoms. The van der Waals surface area contributed by atoms with E-state index < -0.39 is 95.7 Å². The number of non-ortho nitro benzene ring substituents is 1. The molecule has 0 spiro atoms. The van der Waals surface area contributed by atoms with Gasteiger partial charge in [0.1, 0.15) is 24.2 Å². The number of rotatable bonds is 20. The molecule has 0 radical (unpaired) electrons. The summed E-state index contributed by atoms with van der Waals surface area (Å²) in [5.74, 6) is -8.21. The van der Waals surface area contributed by atoms with Crippen LogP contribution in [0.3, 0.4) is 0 Å². The van der Waals surface area contributed by atoms with Crippen LogP contribution in [0, 0.1) is 10.1 Å². The maximum atomic E-state index is 13.3. The molecule has 19 nitrogen and oxygen atoms in total. The molecule has 6 amide bonds.